The van der Waals surface area contributed by atoms with Crippen molar-refractivity contribution in [3.63, 3.8) is 0 Å². The molecule has 2 N–H and O–H groups in total. The number of benzene rings is 1. The average Bonchev–Trinajstić information content (AvgIpc) is 3.17. The Morgan fingerprint density at radius 2 is 2.18 bits per heavy atom. The minimum Gasteiger partial charge on any atom is -0.492 e. The van der Waals surface area contributed by atoms with Crippen LogP contribution in [0.25, 0.3) is 0 Å². The Morgan fingerprint density at radius 1 is 1.36 bits per heavy atom. The van der Waals surface area contributed by atoms with E-state index in [9.17, 15) is 0 Å². The van der Waals surface area contributed by atoms with E-state index in [1.54, 1.807) is 0 Å². The van der Waals surface area contributed by atoms with Gasteiger partial charge in [0, 0.05) is 13.2 Å². The molecule has 0 spiro atoms. The van der Waals surface area contributed by atoms with Crippen LogP contribution < -0.4 is 10.5 Å². The van der Waals surface area contributed by atoms with Gasteiger partial charge in [0.2, 0.25) is 0 Å². The summed E-state index contributed by atoms with van der Waals surface area (Å²) in [6, 6.07) is 8.02. The van der Waals surface area contributed by atoms with E-state index in [1.807, 2.05) is 28.9 Å². The third kappa shape index (κ3) is 3.28. The van der Waals surface area contributed by atoms with Crippen LogP contribution in [-0.2, 0) is 17.8 Å². The van der Waals surface area contributed by atoms with Crippen molar-refractivity contribution in [2.75, 3.05) is 13.2 Å². The van der Waals surface area contributed by atoms with Gasteiger partial charge in [-0.2, -0.15) is 0 Å². The van der Waals surface area contributed by atoms with Crippen LogP contribution in [0.15, 0.2) is 24.3 Å². The minimum atomic E-state index is 0.0629. The smallest absolute Gasteiger partial charge is 0.119 e. The van der Waals surface area contributed by atoms with Crippen molar-refractivity contribution in [2.24, 2.45) is 5.73 Å². The van der Waals surface area contributed by atoms with Crippen molar-refractivity contribution in [2.45, 2.75) is 39.0 Å². The Bertz CT molecular complexity index is 603. The van der Waals surface area contributed by atoms with Gasteiger partial charge in [0.1, 0.15) is 24.2 Å². The second-order valence-electron chi connectivity index (χ2n) is 5.51. The van der Waals surface area contributed by atoms with Crippen LogP contribution in [0.3, 0.4) is 0 Å². The molecule has 2 heterocycles. The van der Waals surface area contributed by atoms with Gasteiger partial charge >= 0.3 is 0 Å². The first-order valence-electron chi connectivity index (χ1n) is 7.71. The number of aryl methyl sites for hydroxylation is 1. The normalized spacial score (nSPS) is 17.8. The Balaban J connectivity index is 1.64. The Morgan fingerprint density at radius 3 is 2.86 bits per heavy atom. The zero-order valence-electron chi connectivity index (χ0n) is 12.9. The molecule has 1 aromatic heterocycles. The topological polar surface area (TPSA) is 75.2 Å². The first-order chi connectivity index (χ1) is 10.8. The molecule has 0 radical (unpaired) electrons. The van der Waals surface area contributed by atoms with Gasteiger partial charge in [-0.1, -0.05) is 22.9 Å². The van der Waals surface area contributed by atoms with E-state index in [-0.39, 0.29) is 6.10 Å². The van der Waals surface area contributed by atoms with Gasteiger partial charge in [0.05, 0.1) is 12.2 Å². The average molecular weight is 302 g/mol. The molecule has 1 aliphatic heterocycles. The van der Waals surface area contributed by atoms with Crippen molar-refractivity contribution >= 4 is 0 Å². The quantitative estimate of drug-likeness (QED) is 0.883. The molecular weight excluding hydrogens is 280 g/mol. The summed E-state index contributed by atoms with van der Waals surface area (Å²) in [5.74, 6) is 0.864. The number of rotatable bonds is 6. The summed E-state index contributed by atoms with van der Waals surface area (Å²) in [4.78, 5) is 0. The molecule has 3 rings (SSSR count). The number of aromatic nitrogens is 3. The van der Waals surface area contributed by atoms with Crippen molar-refractivity contribution in [1.82, 2.24) is 15.0 Å². The third-order valence-corrected chi connectivity index (χ3v) is 3.87. The van der Waals surface area contributed by atoms with Crippen LogP contribution in [0, 0.1) is 6.92 Å². The Labute approximate surface area is 130 Å². The maximum Gasteiger partial charge on any atom is 0.119 e. The molecular formula is C16H22N4O2. The third-order valence-electron chi connectivity index (χ3n) is 3.87. The summed E-state index contributed by atoms with van der Waals surface area (Å²) in [7, 11) is 0. The van der Waals surface area contributed by atoms with E-state index in [2.05, 4.69) is 17.2 Å². The maximum absolute atomic E-state index is 5.76. The van der Waals surface area contributed by atoms with Gasteiger partial charge in [0.15, 0.2) is 0 Å². The van der Waals surface area contributed by atoms with Crippen molar-refractivity contribution in [3.8, 4) is 5.75 Å². The lowest BCUT2D eigenvalue weighted by atomic mass is 10.1. The highest BCUT2D eigenvalue weighted by atomic mass is 16.5. The summed E-state index contributed by atoms with van der Waals surface area (Å²) in [5.41, 5.74) is 8.81. The number of nitrogens with zero attached hydrogens (tertiary/aromatic N) is 3. The molecule has 1 aromatic carbocycles. The van der Waals surface area contributed by atoms with E-state index in [0.29, 0.717) is 19.7 Å². The predicted molar refractivity (Wildman–Crippen MR) is 82.5 cm³/mol. The van der Waals surface area contributed by atoms with Crippen molar-refractivity contribution < 1.29 is 9.47 Å². The molecule has 22 heavy (non-hydrogen) atoms. The van der Waals surface area contributed by atoms with Gasteiger partial charge in [-0.05, 0) is 31.9 Å². The summed E-state index contributed by atoms with van der Waals surface area (Å²) in [6.07, 6.45) is 2.13. The fraction of sp³-hybridized carbons (Fsp3) is 0.500. The van der Waals surface area contributed by atoms with Crippen LogP contribution in [0.5, 0.6) is 5.75 Å². The Kier molecular flexibility index (Phi) is 4.70. The van der Waals surface area contributed by atoms with Crippen LogP contribution in [0.2, 0.25) is 0 Å². The summed E-state index contributed by atoms with van der Waals surface area (Å²) < 4.78 is 13.4. The monoisotopic (exact) mass is 302 g/mol. The number of ether oxygens (including phenoxy) is 2. The maximum atomic E-state index is 5.76. The van der Waals surface area contributed by atoms with Crippen LogP contribution >= 0.6 is 0 Å². The zero-order chi connectivity index (χ0) is 15.4. The molecule has 1 unspecified atom stereocenters. The first kappa shape index (κ1) is 15.0. The van der Waals surface area contributed by atoms with Gasteiger partial charge in [-0.15, -0.1) is 5.10 Å². The van der Waals surface area contributed by atoms with Crippen LogP contribution in [0.4, 0.5) is 0 Å². The van der Waals surface area contributed by atoms with E-state index < -0.39 is 0 Å². The molecule has 1 atom stereocenters. The molecule has 0 amide bonds. The van der Waals surface area contributed by atoms with Gasteiger partial charge < -0.3 is 15.2 Å². The standard InChI is InChI=1S/C16H22N4O2/c1-12-4-6-13(7-5-12)21-10-8-20-16(14(11-17)18-19-20)15-3-2-9-22-15/h4-7,15H,2-3,8-11,17H2,1H3. The van der Waals surface area contributed by atoms with Gasteiger partial charge in [0.25, 0.3) is 0 Å². The molecule has 1 aliphatic rings. The lowest BCUT2D eigenvalue weighted by Crippen LogP contribution is -2.16. The summed E-state index contributed by atoms with van der Waals surface area (Å²) >= 11 is 0. The Hall–Kier alpha value is -1.92. The number of hydrogen-bond acceptors (Lipinski definition) is 5. The van der Waals surface area contributed by atoms with Crippen molar-refractivity contribution in [3.05, 3.63) is 41.2 Å². The molecule has 1 saturated heterocycles. The van der Waals surface area contributed by atoms with E-state index >= 15 is 0 Å². The predicted octanol–water partition coefficient (Wildman–Crippen LogP) is 1.98. The van der Waals surface area contributed by atoms with Gasteiger partial charge in [-0.25, -0.2) is 4.68 Å². The van der Waals surface area contributed by atoms with E-state index in [1.165, 1.54) is 5.56 Å². The molecule has 0 aliphatic carbocycles. The van der Waals surface area contributed by atoms with Gasteiger partial charge in [-0.3, -0.25) is 0 Å². The molecule has 118 valence electrons. The minimum absolute atomic E-state index is 0.0629. The second kappa shape index (κ2) is 6.89. The summed E-state index contributed by atoms with van der Waals surface area (Å²) in [5, 5.41) is 8.37. The number of nitrogens with two attached hydrogens (primary N) is 1. The SMILES string of the molecule is Cc1ccc(OCCn2nnc(CN)c2C2CCCO2)cc1. The molecule has 6 nitrogen and oxygen atoms in total. The lowest BCUT2D eigenvalue weighted by molar-refractivity contribution is 0.102. The molecule has 0 bridgehead atoms. The lowest BCUT2D eigenvalue weighted by Gasteiger charge is -2.14. The zero-order valence-corrected chi connectivity index (χ0v) is 12.9. The highest BCUT2D eigenvalue weighted by molar-refractivity contribution is 5.26. The van der Waals surface area contributed by atoms with E-state index in [4.69, 9.17) is 15.2 Å². The van der Waals surface area contributed by atoms with E-state index in [0.717, 1.165) is 36.6 Å². The fourth-order valence-electron chi connectivity index (χ4n) is 2.70. The molecule has 2 aromatic rings. The highest BCUT2D eigenvalue weighted by Gasteiger charge is 2.25. The van der Waals surface area contributed by atoms with Crippen LogP contribution in [-0.4, -0.2) is 28.2 Å². The molecule has 1 fully saturated rings. The largest absolute Gasteiger partial charge is 0.492 e. The first-order valence-corrected chi connectivity index (χ1v) is 7.71. The van der Waals surface area contributed by atoms with Crippen LogP contribution in [0.1, 0.15) is 35.9 Å². The summed E-state index contributed by atoms with van der Waals surface area (Å²) in [6.45, 7) is 4.40. The van der Waals surface area contributed by atoms with Crippen molar-refractivity contribution in [1.29, 1.82) is 0 Å². The second-order valence-corrected chi connectivity index (χ2v) is 5.51. The molecule has 6 heteroatoms. The fourth-order valence-corrected chi connectivity index (χ4v) is 2.70. The number of hydrogen-bond donors (Lipinski definition) is 1. The molecule has 0 saturated carbocycles. The highest BCUT2D eigenvalue weighted by Crippen LogP contribution is 2.29.